The van der Waals surface area contributed by atoms with Crippen LogP contribution in [-0.2, 0) is 23.6 Å². The Morgan fingerprint density at radius 2 is 1.81 bits per heavy atom. The summed E-state index contributed by atoms with van der Waals surface area (Å²) < 4.78 is 7.91. The van der Waals surface area contributed by atoms with E-state index in [2.05, 4.69) is 5.32 Å². The van der Waals surface area contributed by atoms with E-state index in [1.807, 2.05) is 49.4 Å². The standard InChI is InChI=1S/C23H23N3O4S/c1-5-30-22(28)17-16(15-12-11-13(2)31-15)18-20(25(3)23(29)26(4)21(18)27)24-19(17)14-9-7-6-8-10-14/h6-12,16,24H,5H2,1-4H3/t16-/m0/s1. The molecule has 1 aromatic carbocycles. The maximum absolute atomic E-state index is 13.3. The van der Waals surface area contributed by atoms with E-state index in [1.165, 1.54) is 23.0 Å². The minimum atomic E-state index is -0.658. The van der Waals surface area contributed by atoms with Crippen LogP contribution in [0.2, 0.25) is 0 Å². The van der Waals surface area contributed by atoms with Crippen molar-refractivity contribution in [2.45, 2.75) is 19.8 Å². The highest BCUT2D eigenvalue weighted by Crippen LogP contribution is 2.44. The quantitative estimate of drug-likeness (QED) is 0.635. The highest BCUT2D eigenvalue weighted by molar-refractivity contribution is 7.12. The van der Waals surface area contributed by atoms with E-state index in [0.29, 0.717) is 22.7 Å². The zero-order valence-electron chi connectivity index (χ0n) is 17.8. The second-order valence-electron chi connectivity index (χ2n) is 7.35. The summed E-state index contributed by atoms with van der Waals surface area (Å²) in [5, 5.41) is 3.22. The molecule has 0 bridgehead atoms. The number of carbonyl (C=O) groups excluding carboxylic acids is 1. The molecule has 0 spiro atoms. The molecule has 1 aliphatic rings. The number of nitrogens with one attached hydrogen (secondary N) is 1. The number of esters is 1. The van der Waals surface area contributed by atoms with Gasteiger partial charge in [0.05, 0.1) is 29.4 Å². The molecule has 1 atom stereocenters. The second-order valence-corrected chi connectivity index (χ2v) is 8.67. The predicted molar refractivity (Wildman–Crippen MR) is 121 cm³/mol. The number of nitrogens with zero attached hydrogens (tertiary/aromatic N) is 2. The average Bonchev–Trinajstić information content (AvgIpc) is 3.21. The molecule has 3 heterocycles. The largest absolute Gasteiger partial charge is 0.463 e. The highest BCUT2D eigenvalue weighted by atomic mass is 32.1. The van der Waals surface area contributed by atoms with Gasteiger partial charge in [0, 0.05) is 23.8 Å². The minimum absolute atomic E-state index is 0.207. The Morgan fingerprint density at radius 1 is 1.10 bits per heavy atom. The first-order valence-corrected chi connectivity index (χ1v) is 10.8. The van der Waals surface area contributed by atoms with Gasteiger partial charge in [-0.2, -0.15) is 0 Å². The van der Waals surface area contributed by atoms with Crippen molar-refractivity contribution >= 4 is 28.8 Å². The van der Waals surface area contributed by atoms with Crippen molar-refractivity contribution in [3.8, 4) is 0 Å². The fourth-order valence-corrected chi connectivity index (χ4v) is 4.91. The Morgan fingerprint density at radius 3 is 2.42 bits per heavy atom. The van der Waals surface area contributed by atoms with Crippen LogP contribution < -0.4 is 16.6 Å². The fourth-order valence-electron chi connectivity index (χ4n) is 3.91. The van der Waals surface area contributed by atoms with Crippen LogP contribution in [0.25, 0.3) is 5.70 Å². The zero-order valence-corrected chi connectivity index (χ0v) is 18.6. The van der Waals surface area contributed by atoms with Crippen molar-refractivity contribution in [3.63, 3.8) is 0 Å². The van der Waals surface area contributed by atoms with Gasteiger partial charge in [-0.1, -0.05) is 30.3 Å². The van der Waals surface area contributed by atoms with Gasteiger partial charge in [-0.3, -0.25) is 13.9 Å². The first kappa shape index (κ1) is 20.9. The summed E-state index contributed by atoms with van der Waals surface area (Å²) in [6.07, 6.45) is 0. The second kappa shape index (κ2) is 8.03. The summed E-state index contributed by atoms with van der Waals surface area (Å²) in [6, 6.07) is 13.3. The third kappa shape index (κ3) is 3.42. The van der Waals surface area contributed by atoms with Crippen molar-refractivity contribution in [1.82, 2.24) is 9.13 Å². The van der Waals surface area contributed by atoms with Gasteiger partial charge in [-0.15, -0.1) is 11.3 Å². The molecule has 1 N–H and O–H groups in total. The van der Waals surface area contributed by atoms with Crippen LogP contribution in [0.5, 0.6) is 0 Å². The van der Waals surface area contributed by atoms with E-state index in [4.69, 9.17) is 4.74 Å². The van der Waals surface area contributed by atoms with E-state index in [9.17, 15) is 14.4 Å². The van der Waals surface area contributed by atoms with Crippen molar-refractivity contribution in [3.05, 3.63) is 89.8 Å². The minimum Gasteiger partial charge on any atom is -0.463 e. The summed E-state index contributed by atoms with van der Waals surface area (Å²) in [5.74, 6) is -0.766. The lowest BCUT2D eigenvalue weighted by Crippen LogP contribution is -2.43. The van der Waals surface area contributed by atoms with Crippen LogP contribution in [0.1, 0.15) is 33.7 Å². The molecule has 0 aliphatic carbocycles. The SMILES string of the molecule is CCOC(=O)C1=C(c2ccccc2)Nc2c(c(=O)n(C)c(=O)n2C)[C@H]1c1ccc(C)s1. The van der Waals surface area contributed by atoms with Crippen LogP contribution in [0.3, 0.4) is 0 Å². The molecule has 2 aromatic heterocycles. The topological polar surface area (TPSA) is 82.3 Å². The molecule has 0 unspecified atom stereocenters. The van der Waals surface area contributed by atoms with Crippen molar-refractivity contribution in [2.24, 2.45) is 14.1 Å². The number of anilines is 1. The summed E-state index contributed by atoms with van der Waals surface area (Å²) in [7, 11) is 3.06. The van der Waals surface area contributed by atoms with E-state index >= 15 is 0 Å². The molecule has 4 rings (SSSR count). The maximum Gasteiger partial charge on any atom is 0.337 e. The van der Waals surface area contributed by atoms with Crippen molar-refractivity contribution < 1.29 is 9.53 Å². The lowest BCUT2D eigenvalue weighted by molar-refractivity contribution is -0.138. The first-order valence-electron chi connectivity index (χ1n) is 9.95. The number of thiophene rings is 1. The van der Waals surface area contributed by atoms with Crippen molar-refractivity contribution in [2.75, 3.05) is 11.9 Å². The molecule has 0 amide bonds. The van der Waals surface area contributed by atoms with Crippen LogP contribution in [0, 0.1) is 6.92 Å². The van der Waals surface area contributed by atoms with Gasteiger partial charge in [0.15, 0.2) is 0 Å². The summed E-state index contributed by atoms with van der Waals surface area (Å²) in [4.78, 5) is 41.1. The molecule has 0 saturated heterocycles. The fraction of sp³-hybridized carbons (Fsp3) is 0.261. The Labute approximate surface area is 183 Å². The number of hydrogen-bond donors (Lipinski definition) is 1. The van der Waals surface area contributed by atoms with E-state index in [0.717, 1.165) is 19.9 Å². The van der Waals surface area contributed by atoms with E-state index < -0.39 is 23.1 Å². The number of benzene rings is 1. The lowest BCUT2D eigenvalue weighted by Gasteiger charge is -2.31. The molecule has 0 saturated carbocycles. The molecule has 0 fully saturated rings. The third-order valence-electron chi connectivity index (χ3n) is 5.39. The third-order valence-corrected chi connectivity index (χ3v) is 6.46. The Kier molecular flexibility index (Phi) is 5.41. The van der Waals surface area contributed by atoms with E-state index in [1.54, 1.807) is 14.0 Å². The molecule has 31 heavy (non-hydrogen) atoms. The number of fused-ring (bicyclic) bond motifs is 1. The Bertz CT molecular complexity index is 1310. The summed E-state index contributed by atoms with van der Waals surface area (Å²) in [6.45, 7) is 3.93. The van der Waals surface area contributed by atoms with Gasteiger partial charge in [0.25, 0.3) is 5.56 Å². The zero-order chi connectivity index (χ0) is 22.3. The van der Waals surface area contributed by atoms with Gasteiger partial charge in [-0.05, 0) is 31.5 Å². The van der Waals surface area contributed by atoms with Crippen LogP contribution in [0.15, 0.2) is 57.6 Å². The number of aryl methyl sites for hydroxylation is 1. The number of aromatic nitrogens is 2. The number of ether oxygens (including phenoxy) is 1. The normalized spacial score (nSPS) is 15.4. The maximum atomic E-state index is 13.3. The molecule has 7 nitrogen and oxygen atoms in total. The number of rotatable bonds is 4. The number of hydrogen-bond acceptors (Lipinski definition) is 6. The first-order chi connectivity index (χ1) is 14.8. The molecule has 1 aliphatic heterocycles. The summed E-state index contributed by atoms with van der Waals surface area (Å²) >= 11 is 1.51. The highest BCUT2D eigenvalue weighted by Gasteiger charge is 2.39. The van der Waals surface area contributed by atoms with Crippen molar-refractivity contribution in [1.29, 1.82) is 0 Å². The van der Waals surface area contributed by atoms with Gasteiger partial charge >= 0.3 is 11.7 Å². The Balaban J connectivity index is 2.13. The molecule has 0 radical (unpaired) electrons. The smallest absolute Gasteiger partial charge is 0.337 e. The molecular formula is C23H23N3O4S. The van der Waals surface area contributed by atoms with Gasteiger partial charge in [0.1, 0.15) is 5.82 Å². The number of carbonyl (C=O) groups is 1. The molecule has 8 heteroatoms. The van der Waals surface area contributed by atoms with Gasteiger partial charge < -0.3 is 10.1 Å². The molecular weight excluding hydrogens is 414 g/mol. The predicted octanol–water partition coefficient (Wildman–Crippen LogP) is 2.99. The Hall–Kier alpha value is -3.39. The van der Waals surface area contributed by atoms with Crippen LogP contribution >= 0.6 is 11.3 Å². The van der Waals surface area contributed by atoms with Gasteiger partial charge in [-0.25, -0.2) is 9.59 Å². The molecule has 160 valence electrons. The van der Waals surface area contributed by atoms with Crippen LogP contribution in [-0.4, -0.2) is 21.7 Å². The van der Waals surface area contributed by atoms with Crippen LogP contribution in [0.4, 0.5) is 5.82 Å². The van der Waals surface area contributed by atoms with Gasteiger partial charge in [0.2, 0.25) is 0 Å². The average molecular weight is 438 g/mol. The summed E-state index contributed by atoms with van der Waals surface area (Å²) in [5.41, 5.74) is 1.14. The van der Waals surface area contributed by atoms with E-state index in [-0.39, 0.29) is 6.61 Å². The molecule has 3 aromatic rings. The monoisotopic (exact) mass is 437 g/mol. The lowest BCUT2D eigenvalue weighted by atomic mass is 9.84.